The molecule has 176 valence electrons. The molecule has 0 bridgehead atoms. The van der Waals surface area contributed by atoms with Crippen molar-refractivity contribution in [2.45, 2.75) is 32.9 Å². The molecule has 2 atom stereocenters. The zero-order valence-corrected chi connectivity index (χ0v) is 19.6. The molecule has 0 aromatic heterocycles. The lowest BCUT2D eigenvalue weighted by Gasteiger charge is -2.40. The maximum atomic E-state index is 13.2. The number of likely N-dealkylation sites (N-methyl/N-ethyl adjacent to an activating group) is 1. The molecule has 2 aliphatic rings. The van der Waals surface area contributed by atoms with Crippen LogP contribution in [-0.2, 0) is 9.53 Å². The number of hydrogen-bond acceptors (Lipinski definition) is 7. The molecule has 1 aromatic carbocycles. The highest BCUT2D eigenvalue weighted by atomic mass is 16.5. The van der Waals surface area contributed by atoms with Crippen molar-refractivity contribution in [3.05, 3.63) is 35.0 Å². The molecule has 1 saturated heterocycles. The van der Waals surface area contributed by atoms with Crippen LogP contribution in [0.2, 0.25) is 0 Å². The molecule has 2 N–H and O–H groups in total. The second kappa shape index (κ2) is 10.7. The molecule has 3 rings (SSSR count). The first-order valence-corrected chi connectivity index (χ1v) is 11.1. The Morgan fingerprint density at radius 2 is 2.00 bits per heavy atom. The standard InChI is InChI=1S/C23H34N4O5/c1-6-27-18(14-26-11-10-24-15(3)13-26)20(22(28)32-7-2)21(25-23(27)29)17-9-8-16(30-4)12-19(17)31-5/h8-9,12,15,21,24H,6-7,10-11,13-14H2,1-5H3,(H,25,29). The van der Waals surface area contributed by atoms with E-state index in [2.05, 4.69) is 22.5 Å². The number of carbonyl (C=O) groups is 2. The number of methoxy groups -OCH3 is 2. The number of amides is 2. The third-order valence-electron chi connectivity index (χ3n) is 5.83. The Morgan fingerprint density at radius 1 is 1.22 bits per heavy atom. The minimum absolute atomic E-state index is 0.243. The van der Waals surface area contributed by atoms with Crippen molar-refractivity contribution in [3.63, 3.8) is 0 Å². The second-order valence-corrected chi connectivity index (χ2v) is 7.91. The Labute approximate surface area is 189 Å². The van der Waals surface area contributed by atoms with Gasteiger partial charge in [-0.15, -0.1) is 0 Å². The summed E-state index contributed by atoms with van der Waals surface area (Å²) in [5.41, 5.74) is 1.78. The lowest BCUT2D eigenvalue weighted by molar-refractivity contribution is -0.139. The maximum absolute atomic E-state index is 13.2. The minimum atomic E-state index is -0.694. The number of nitrogens with zero attached hydrogens (tertiary/aromatic N) is 2. The summed E-state index contributed by atoms with van der Waals surface area (Å²) in [6.45, 7) is 9.49. The average Bonchev–Trinajstić information content (AvgIpc) is 2.78. The van der Waals surface area contributed by atoms with Crippen molar-refractivity contribution in [3.8, 4) is 11.5 Å². The van der Waals surface area contributed by atoms with E-state index in [0.29, 0.717) is 47.5 Å². The van der Waals surface area contributed by atoms with Crippen molar-refractivity contribution >= 4 is 12.0 Å². The van der Waals surface area contributed by atoms with Gasteiger partial charge in [-0.3, -0.25) is 9.80 Å². The van der Waals surface area contributed by atoms with Gasteiger partial charge in [0.25, 0.3) is 0 Å². The lowest BCUT2D eigenvalue weighted by Crippen LogP contribution is -2.54. The zero-order chi connectivity index (χ0) is 23.3. The molecule has 32 heavy (non-hydrogen) atoms. The summed E-state index contributed by atoms with van der Waals surface area (Å²) < 4.78 is 16.3. The van der Waals surface area contributed by atoms with E-state index in [1.165, 1.54) is 0 Å². The van der Waals surface area contributed by atoms with Crippen LogP contribution in [0.15, 0.2) is 29.5 Å². The molecule has 0 spiro atoms. The quantitative estimate of drug-likeness (QED) is 0.589. The van der Waals surface area contributed by atoms with Crippen LogP contribution in [-0.4, -0.2) is 81.4 Å². The van der Waals surface area contributed by atoms with Gasteiger partial charge in [-0.2, -0.15) is 0 Å². The number of carbonyl (C=O) groups excluding carboxylic acids is 2. The fourth-order valence-corrected chi connectivity index (χ4v) is 4.32. The van der Waals surface area contributed by atoms with E-state index in [1.807, 2.05) is 13.0 Å². The molecular formula is C23H34N4O5. The highest BCUT2D eigenvalue weighted by Crippen LogP contribution is 2.38. The number of piperazine rings is 1. The predicted molar refractivity (Wildman–Crippen MR) is 121 cm³/mol. The van der Waals surface area contributed by atoms with Crippen molar-refractivity contribution in [1.29, 1.82) is 0 Å². The first kappa shape index (κ1) is 23.9. The van der Waals surface area contributed by atoms with Gasteiger partial charge in [-0.05, 0) is 32.9 Å². The Kier molecular flexibility index (Phi) is 7.98. The Balaban J connectivity index is 2.12. The van der Waals surface area contributed by atoms with E-state index in [9.17, 15) is 9.59 Å². The van der Waals surface area contributed by atoms with Crippen LogP contribution in [0.1, 0.15) is 32.4 Å². The van der Waals surface area contributed by atoms with E-state index in [4.69, 9.17) is 14.2 Å². The SMILES string of the molecule is CCOC(=O)C1=C(CN2CCNC(C)C2)N(CC)C(=O)NC1c1ccc(OC)cc1OC. The zero-order valence-electron chi connectivity index (χ0n) is 19.6. The van der Waals surface area contributed by atoms with Crippen LogP contribution < -0.4 is 20.1 Å². The van der Waals surface area contributed by atoms with E-state index >= 15 is 0 Å². The summed E-state index contributed by atoms with van der Waals surface area (Å²) in [4.78, 5) is 30.2. The van der Waals surface area contributed by atoms with E-state index in [0.717, 1.165) is 19.6 Å². The molecule has 0 aliphatic carbocycles. The van der Waals surface area contributed by atoms with Gasteiger partial charge in [-0.1, -0.05) is 0 Å². The fourth-order valence-electron chi connectivity index (χ4n) is 4.32. The summed E-state index contributed by atoms with van der Waals surface area (Å²) in [5, 5.41) is 6.42. The number of benzene rings is 1. The summed E-state index contributed by atoms with van der Waals surface area (Å²) in [6, 6.07) is 4.74. The third-order valence-corrected chi connectivity index (χ3v) is 5.83. The largest absolute Gasteiger partial charge is 0.497 e. The summed E-state index contributed by atoms with van der Waals surface area (Å²) in [5.74, 6) is 0.711. The van der Waals surface area contributed by atoms with Crippen LogP contribution in [0.5, 0.6) is 11.5 Å². The molecule has 2 unspecified atom stereocenters. The van der Waals surface area contributed by atoms with Gasteiger partial charge in [0.1, 0.15) is 11.5 Å². The van der Waals surface area contributed by atoms with Crippen LogP contribution in [0.25, 0.3) is 0 Å². The van der Waals surface area contributed by atoms with Crippen molar-refractivity contribution in [2.24, 2.45) is 0 Å². The molecule has 1 aromatic rings. The first-order chi connectivity index (χ1) is 15.4. The predicted octanol–water partition coefficient (Wildman–Crippen LogP) is 1.90. The summed E-state index contributed by atoms with van der Waals surface area (Å²) in [7, 11) is 3.13. The number of nitrogens with one attached hydrogen (secondary N) is 2. The van der Waals surface area contributed by atoms with Gasteiger partial charge < -0.3 is 24.8 Å². The van der Waals surface area contributed by atoms with Crippen LogP contribution in [0.3, 0.4) is 0 Å². The van der Waals surface area contributed by atoms with E-state index in [-0.39, 0.29) is 12.6 Å². The lowest BCUT2D eigenvalue weighted by atomic mass is 9.93. The molecular weight excluding hydrogens is 412 g/mol. The number of hydrogen-bond donors (Lipinski definition) is 2. The van der Waals surface area contributed by atoms with Gasteiger partial charge in [0.05, 0.1) is 32.4 Å². The molecule has 9 heteroatoms. The normalized spacial score (nSPS) is 21.9. The van der Waals surface area contributed by atoms with Crippen LogP contribution in [0.4, 0.5) is 4.79 Å². The highest BCUT2D eigenvalue weighted by Gasteiger charge is 2.39. The Bertz CT molecular complexity index is 872. The van der Waals surface area contributed by atoms with Gasteiger partial charge in [0, 0.05) is 56.1 Å². The number of rotatable bonds is 8. The van der Waals surface area contributed by atoms with E-state index < -0.39 is 12.0 Å². The van der Waals surface area contributed by atoms with Crippen molar-refractivity contribution in [1.82, 2.24) is 20.4 Å². The molecule has 1 fully saturated rings. The van der Waals surface area contributed by atoms with Gasteiger partial charge in [-0.25, -0.2) is 9.59 Å². The monoisotopic (exact) mass is 446 g/mol. The smallest absolute Gasteiger partial charge is 0.338 e. The molecule has 0 radical (unpaired) electrons. The molecule has 2 amide bonds. The topological polar surface area (TPSA) is 92.4 Å². The first-order valence-electron chi connectivity index (χ1n) is 11.1. The maximum Gasteiger partial charge on any atom is 0.338 e. The molecule has 2 heterocycles. The number of esters is 1. The minimum Gasteiger partial charge on any atom is -0.497 e. The molecule has 9 nitrogen and oxygen atoms in total. The molecule has 2 aliphatic heterocycles. The molecule has 0 saturated carbocycles. The highest BCUT2D eigenvalue weighted by molar-refractivity contribution is 5.95. The Hall–Kier alpha value is -2.78. The fraction of sp³-hybridized carbons (Fsp3) is 0.565. The third kappa shape index (κ3) is 4.99. The number of ether oxygens (including phenoxy) is 3. The van der Waals surface area contributed by atoms with Gasteiger partial charge in [0.2, 0.25) is 0 Å². The van der Waals surface area contributed by atoms with Crippen molar-refractivity contribution < 1.29 is 23.8 Å². The van der Waals surface area contributed by atoms with Crippen LogP contribution >= 0.6 is 0 Å². The summed E-state index contributed by atoms with van der Waals surface area (Å²) >= 11 is 0. The average molecular weight is 447 g/mol. The summed E-state index contributed by atoms with van der Waals surface area (Å²) in [6.07, 6.45) is 0. The van der Waals surface area contributed by atoms with Gasteiger partial charge >= 0.3 is 12.0 Å². The Morgan fingerprint density at radius 3 is 2.62 bits per heavy atom. The van der Waals surface area contributed by atoms with Crippen molar-refractivity contribution in [2.75, 3.05) is 53.6 Å². The van der Waals surface area contributed by atoms with E-state index in [1.54, 1.807) is 38.2 Å². The van der Waals surface area contributed by atoms with Gasteiger partial charge in [0.15, 0.2) is 0 Å². The number of urea groups is 1. The van der Waals surface area contributed by atoms with Crippen LogP contribution in [0, 0.1) is 0 Å². The second-order valence-electron chi connectivity index (χ2n) is 7.91.